The minimum Gasteiger partial charge on any atom is -0.493 e. The van der Waals surface area contributed by atoms with Crippen LogP contribution in [0.2, 0.25) is 0 Å². The molecule has 3 rings (SSSR count). The van der Waals surface area contributed by atoms with Gasteiger partial charge < -0.3 is 14.8 Å². The third kappa shape index (κ3) is 4.73. The summed E-state index contributed by atoms with van der Waals surface area (Å²) in [5.74, 6) is 0.389. The van der Waals surface area contributed by atoms with E-state index in [1.54, 1.807) is 0 Å². The Morgan fingerprint density at radius 3 is 2.75 bits per heavy atom. The fourth-order valence-electron chi connectivity index (χ4n) is 3.44. The number of hydrogen-bond acceptors (Lipinski definition) is 5. The van der Waals surface area contributed by atoms with Gasteiger partial charge in [-0.3, -0.25) is 4.79 Å². The van der Waals surface area contributed by atoms with Crippen molar-refractivity contribution in [3.8, 4) is 5.75 Å². The SMILES string of the molecule is COC(=O)c1c(NC(=O)CCCOc2cc(C)ccc2C)sc2c1CCCC2. The third-order valence-electron chi connectivity index (χ3n) is 4.96. The van der Waals surface area contributed by atoms with E-state index >= 15 is 0 Å². The molecule has 2 aromatic rings. The van der Waals surface area contributed by atoms with Gasteiger partial charge in [0, 0.05) is 11.3 Å². The van der Waals surface area contributed by atoms with Gasteiger partial charge in [0.25, 0.3) is 0 Å². The molecule has 1 aliphatic carbocycles. The summed E-state index contributed by atoms with van der Waals surface area (Å²) >= 11 is 1.51. The van der Waals surface area contributed by atoms with Crippen LogP contribution in [0.4, 0.5) is 5.00 Å². The highest BCUT2D eigenvalue weighted by molar-refractivity contribution is 7.17. The van der Waals surface area contributed by atoms with Gasteiger partial charge in [-0.05, 0) is 68.7 Å². The minimum atomic E-state index is -0.368. The number of carbonyl (C=O) groups is 2. The summed E-state index contributed by atoms with van der Waals surface area (Å²) in [7, 11) is 1.38. The van der Waals surface area contributed by atoms with Crippen molar-refractivity contribution in [2.45, 2.75) is 52.4 Å². The highest BCUT2D eigenvalue weighted by Crippen LogP contribution is 2.38. The van der Waals surface area contributed by atoms with Gasteiger partial charge in [0.15, 0.2) is 0 Å². The summed E-state index contributed by atoms with van der Waals surface area (Å²) in [6, 6.07) is 6.09. The van der Waals surface area contributed by atoms with Crippen molar-refractivity contribution in [1.82, 2.24) is 0 Å². The van der Waals surface area contributed by atoms with Crippen LogP contribution in [-0.2, 0) is 22.4 Å². The lowest BCUT2D eigenvalue weighted by molar-refractivity contribution is -0.116. The number of fused-ring (bicyclic) bond motifs is 1. The Hall–Kier alpha value is -2.34. The van der Waals surface area contributed by atoms with E-state index in [9.17, 15) is 9.59 Å². The lowest BCUT2D eigenvalue weighted by Gasteiger charge is -2.12. The fourth-order valence-corrected chi connectivity index (χ4v) is 4.73. The first-order chi connectivity index (χ1) is 13.5. The minimum absolute atomic E-state index is 0.103. The normalized spacial score (nSPS) is 13.0. The molecule has 0 fully saturated rings. The lowest BCUT2D eigenvalue weighted by atomic mass is 9.95. The van der Waals surface area contributed by atoms with Crippen LogP contribution in [0, 0.1) is 13.8 Å². The van der Waals surface area contributed by atoms with Crippen molar-refractivity contribution >= 4 is 28.2 Å². The third-order valence-corrected chi connectivity index (χ3v) is 6.17. The Kier molecular flexibility index (Phi) is 6.73. The summed E-state index contributed by atoms with van der Waals surface area (Å²) < 4.78 is 10.8. The average molecular weight is 402 g/mol. The van der Waals surface area contributed by atoms with E-state index in [4.69, 9.17) is 9.47 Å². The Balaban J connectivity index is 1.57. The lowest BCUT2D eigenvalue weighted by Crippen LogP contribution is -2.15. The highest BCUT2D eigenvalue weighted by Gasteiger charge is 2.26. The molecule has 6 heteroatoms. The number of benzene rings is 1. The summed E-state index contributed by atoms with van der Waals surface area (Å²) in [4.78, 5) is 25.8. The maximum Gasteiger partial charge on any atom is 0.341 e. The van der Waals surface area contributed by atoms with Crippen LogP contribution in [0.3, 0.4) is 0 Å². The van der Waals surface area contributed by atoms with Gasteiger partial charge in [0.2, 0.25) is 5.91 Å². The van der Waals surface area contributed by atoms with Crippen molar-refractivity contribution in [3.63, 3.8) is 0 Å². The molecular weight excluding hydrogens is 374 g/mol. The molecule has 0 spiro atoms. The molecule has 1 aromatic carbocycles. The number of carbonyl (C=O) groups excluding carboxylic acids is 2. The first-order valence-electron chi connectivity index (χ1n) is 9.72. The van der Waals surface area contributed by atoms with E-state index in [2.05, 4.69) is 11.4 Å². The number of nitrogens with one attached hydrogen (secondary N) is 1. The summed E-state index contributed by atoms with van der Waals surface area (Å²) in [5, 5.41) is 3.55. The molecule has 0 atom stereocenters. The second-order valence-corrected chi connectivity index (χ2v) is 8.28. The number of esters is 1. The smallest absolute Gasteiger partial charge is 0.341 e. The molecule has 5 nitrogen and oxygen atoms in total. The molecular formula is C22H27NO4S. The quantitative estimate of drug-likeness (QED) is 0.533. The van der Waals surface area contributed by atoms with Crippen molar-refractivity contribution in [2.24, 2.45) is 0 Å². The molecule has 1 heterocycles. The summed E-state index contributed by atoms with van der Waals surface area (Å²) in [6.07, 6.45) is 4.97. The summed E-state index contributed by atoms with van der Waals surface area (Å²) in [5.41, 5.74) is 3.83. The molecule has 150 valence electrons. The zero-order valence-corrected chi connectivity index (χ0v) is 17.5. The number of ether oxygens (including phenoxy) is 2. The maximum absolute atomic E-state index is 12.4. The van der Waals surface area contributed by atoms with Gasteiger partial charge in [0.05, 0.1) is 19.3 Å². The molecule has 1 aromatic heterocycles. The van der Waals surface area contributed by atoms with Crippen LogP contribution >= 0.6 is 11.3 Å². The molecule has 0 unspecified atom stereocenters. The Bertz CT molecular complexity index is 872. The zero-order valence-electron chi connectivity index (χ0n) is 16.7. The summed E-state index contributed by atoms with van der Waals surface area (Å²) in [6.45, 7) is 4.51. The predicted octanol–water partition coefficient (Wildman–Crippen LogP) is 4.83. The van der Waals surface area contributed by atoms with Gasteiger partial charge in [-0.25, -0.2) is 4.79 Å². The van der Waals surface area contributed by atoms with Crippen LogP contribution in [-0.4, -0.2) is 25.6 Å². The van der Waals surface area contributed by atoms with Crippen LogP contribution in [0.5, 0.6) is 5.75 Å². The van der Waals surface area contributed by atoms with Gasteiger partial charge in [-0.15, -0.1) is 11.3 Å². The van der Waals surface area contributed by atoms with E-state index in [1.165, 1.54) is 23.3 Å². The Morgan fingerprint density at radius 2 is 1.96 bits per heavy atom. The maximum atomic E-state index is 12.4. The van der Waals surface area contributed by atoms with E-state index in [1.807, 2.05) is 26.0 Å². The Labute approximate surface area is 170 Å². The van der Waals surface area contributed by atoms with E-state index < -0.39 is 0 Å². The molecule has 0 bridgehead atoms. The first-order valence-corrected chi connectivity index (χ1v) is 10.5. The molecule has 1 N–H and O–H groups in total. The monoisotopic (exact) mass is 401 g/mol. The molecule has 28 heavy (non-hydrogen) atoms. The second-order valence-electron chi connectivity index (χ2n) is 7.18. The topological polar surface area (TPSA) is 64.6 Å². The molecule has 1 amide bonds. The van der Waals surface area contributed by atoms with Crippen molar-refractivity contribution in [1.29, 1.82) is 0 Å². The van der Waals surface area contributed by atoms with Gasteiger partial charge in [-0.2, -0.15) is 0 Å². The molecule has 0 saturated heterocycles. The number of hydrogen-bond donors (Lipinski definition) is 1. The van der Waals surface area contributed by atoms with Gasteiger partial charge in [0.1, 0.15) is 10.8 Å². The van der Waals surface area contributed by atoms with Crippen molar-refractivity contribution in [2.75, 3.05) is 19.0 Å². The largest absolute Gasteiger partial charge is 0.493 e. The van der Waals surface area contributed by atoms with Gasteiger partial charge in [-0.1, -0.05) is 12.1 Å². The van der Waals surface area contributed by atoms with E-state index in [0.29, 0.717) is 30.0 Å². The number of anilines is 1. The van der Waals surface area contributed by atoms with Crippen LogP contribution < -0.4 is 10.1 Å². The molecule has 0 aliphatic heterocycles. The van der Waals surface area contributed by atoms with Crippen LogP contribution in [0.15, 0.2) is 18.2 Å². The number of thiophene rings is 1. The molecule has 0 saturated carbocycles. The fraction of sp³-hybridized carbons (Fsp3) is 0.455. The average Bonchev–Trinajstić information content (AvgIpc) is 3.04. The van der Waals surface area contributed by atoms with Gasteiger partial charge >= 0.3 is 5.97 Å². The standard InChI is InChI=1S/C22H27NO4S/c1-14-10-11-15(2)17(13-14)27-12-6-9-19(24)23-21-20(22(25)26-3)16-7-4-5-8-18(16)28-21/h10-11,13H,4-9,12H2,1-3H3,(H,23,24). The number of aryl methyl sites for hydroxylation is 3. The number of amides is 1. The van der Waals surface area contributed by atoms with E-state index in [0.717, 1.165) is 48.1 Å². The van der Waals surface area contributed by atoms with Crippen molar-refractivity contribution < 1.29 is 19.1 Å². The number of methoxy groups -OCH3 is 1. The Morgan fingerprint density at radius 1 is 1.18 bits per heavy atom. The van der Waals surface area contributed by atoms with E-state index in [-0.39, 0.29) is 11.9 Å². The molecule has 1 aliphatic rings. The zero-order chi connectivity index (χ0) is 20.1. The first kappa shape index (κ1) is 20.4. The van der Waals surface area contributed by atoms with Crippen LogP contribution in [0.25, 0.3) is 0 Å². The molecule has 0 radical (unpaired) electrons. The highest BCUT2D eigenvalue weighted by atomic mass is 32.1. The van der Waals surface area contributed by atoms with Crippen LogP contribution in [0.1, 0.15) is 57.6 Å². The second kappa shape index (κ2) is 9.24. The number of rotatable bonds is 7. The predicted molar refractivity (Wildman–Crippen MR) is 112 cm³/mol. The van der Waals surface area contributed by atoms with Crippen molar-refractivity contribution in [3.05, 3.63) is 45.3 Å².